The highest BCUT2D eigenvalue weighted by molar-refractivity contribution is 5.85. The second-order valence-corrected chi connectivity index (χ2v) is 4.08. The Morgan fingerprint density at radius 2 is 1.93 bits per heavy atom. The Hall–Kier alpha value is -1.10. The van der Waals surface area contributed by atoms with E-state index in [9.17, 15) is 14.7 Å². The molecule has 0 radical (unpaired) electrons. The van der Waals surface area contributed by atoms with E-state index in [0.717, 1.165) is 0 Å². The second kappa shape index (κ2) is 4.61. The van der Waals surface area contributed by atoms with Crippen molar-refractivity contribution in [3.05, 3.63) is 0 Å². The second-order valence-electron chi connectivity index (χ2n) is 4.08. The zero-order chi connectivity index (χ0) is 11.5. The zero-order valence-electron chi connectivity index (χ0n) is 9.08. The molecule has 0 aromatic heterocycles. The Morgan fingerprint density at radius 1 is 1.40 bits per heavy atom. The fraction of sp³-hybridized carbons (Fsp3) is 0.800. The van der Waals surface area contributed by atoms with E-state index in [1.807, 2.05) is 0 Å². The Labute approximate surface area is 88.8 Å². The van der Waals surface area contributed by atoms with Gasteiger partial charge in [-0.05, 0) is 25.7 Å². The zero-order valence-corrected chi connectivity index (χ0v) is 9.08. The summed E-state index contributed by atoms with van der Waals surface area (Å²) in [6.07, 6.45) is 1.34. The summed E-state index contributed by atoms with van der Waals surface area (Å²) in [4.78, 5) is 22.2. The van der Waals surface area contributed by atoms with Crippen LogP contribution >= 0.6 is 0 Å². The average Bonchev–Trinajstić information content (AvgIpc) is 2.17. The standard InChI is InChI=1S/C10H17NO4/c1-7(12)11-10(2,9(13)14)8-3-5-15-6-4-8/h8H,3-6H2,1-2H3,(H,11,12)(H,13,14). The van der Waals surface area contributed by atoms with Gasteiger partial charge in [0.1, 0.15) is 5.54 Å². The molecule has 1 rings (SSSR count). The smallest absolute Gasteiger partial charge is 0.329 e. The molecule has 1 saturated heterocycles. The first kappa shape index (κ1) is 12.0. The van der Waals surface area contributed by atoms with Crippen molar-refractivity contribution in [2.75, 3.05) is 13.2 Å². The topological polar surface area (TPSA) is 75.6 Å². The molecule has 1 aliphatic rings. The van der Waals surface area contributed by atoms with Crippen molar-refractivity contribution < 1.29 is 19.4 Å². The summed E-state index contributed by atoms with van der Waals surface area (Å²) in [5.41, 5.74) is -1.17. The van der Waals surface area contributed by atoms with Crippen LogP contribution in [0.3, 0.4) is 0 Å². The molecule has 5 nitrogen and oxygen atoms in total. The lowest BCUT2D eigenvalue weighted by Crippen LogP contribution is -2.57. The van der Waals surface area contributed by atoms with Gasteiger partial charge >= 0.3 is 5.97 Å². The van der Waals surface area contributed by atoms with Gasteiger partial charge in [0.05, 0.1) is 0 Å². The van der Waals surface area contributed by atoms with E-state index >= 15 is 0 Å². The SMILES string of the molecule is CC(=O)NC(C)(C(=O)O)C1CCOCC1. The third kappa shape index (κ3) is 2.68. The molecule has 1 unspecified atom stereocenters. The third-order valence-electron chi connectivity index (χ3n) is 2.92. The molecule has 86 valence electrons. The van der Waals surface area contributed by atoms with Crippen LogP contribution in [0.4, 0.5) is 0 Å². The lowest BCUT2D eigenvalue weighted by Gasteiger charge is -2.36. The molecule has 1 fully saturated rings. The number of rotatable bonds is 3. The van der Waals surface area contributed by atoms with Crippen LogP contribution < -0.4 is 5.32 Å². The first-order valence-electron chi connectivity index (χ1n) is 5.06. The van der Waals surface area contributed by atoms with Crippen LogP contribution in [0.15, 0.2) is 0 Å². The minimum Gasteiger partial charge on any atom is -0.480 e. The van der Waals surface area contributed by atoms with Crippen LogP contribution in [-0.2, 0) is 14.3 Å². The van der Waals surface area contributed by atoms with Gasteiger partial charge in [-0.1, -0.05) is 0 Å². The van der Waals surface area contributed by atoms with Crippen LogP contribution in [0.2, 0.25) is 0 Å². The molecular formula is C10H17NO4. The van der Waals surface area contributed by atoms with Crippen molar-refractivity contribution in [1.29, 1.82) is 0 Å². The molecule has 0 aromatic rings. The highest BCUT2D eigenvalue weighted by atomic mass is 16.5. The van der Waals surface area contributed by atoms with Gasteiger partial charge in [0.2, 0.25) is 5.91 Å². The first-order valence-corrected chi connectivity index (χ1v) is 5.06. The number of carboxylic acids is 1. The summed E-state index contributed by atoms with van der Waals surface area (Å²) in [7, 11) is 0. The van der Waals surface area contributed by atoms with Crippen LogP contribution in [0.25, 0.3) is 0 Å². The molecule has 0 saturated carbocycles. The predicted molar refractivity (Wildman–Crippen MR) is 53.4 cm³/mol. The van der Waals surface area contributed by atoms with Crippen LogP contribution in [0.5, 0.6) is 0 Å². The number of carboxylic acid groups (broad SMARTS) is 1. The van der Waals surface area contributed by atoms with Crippen LogP contribution in [0, 0.1) is 5.92 Å². The number of carbonyl (C=O) groups is 2. The Bertz CT molecular complexity index is 260. The van der Waals surface area contributed by atoms with Crippen molar-refractivity contribution in [1.82, 2.24) is 5.32 Å². The van der Waals surface area contributed by atoms with E-state index in [1.165, 1.54) is 6.92 Å². The Kier molecular flexibility index (Phi) is 3.68. The highest BCUT2D eigenvalue weighted by Gasteiger charge is 2.42. The number of carbonyl (C=O) groups excluding carboxylic acids is 1. The molecule has 0 aliphatic carbocycles. The number of aliphatic carboxylic acids is 1. The van der Waals surface area contributed by atoms with E-state index in [2.05, 4.69) is 5.32 Å². The normalized spacial score (nSPS) is 21.7. The first-order chi connectivity index (χ1) is 6.97. The lowest BCUT2D eigenvalue weighted by molar-refractivity contribution is -0.151. The number of hydrogen-bond acceptors (Lipinski definition) is 3. The van der Waals surface area contributed by atoms with Crippen molar-refractivity contribution >= 4 is 11.9 Å². The van der Waals surface area contributed by atoms with Gasteiger partial charge in [0.15, 0.2) is 0 Å². The average molecular weight is 215 g/mol. The number of ether oxygens (including phenoxy) is 1. The molecule has 5 heteroatoms. The molecule has 1 heterocycles. The van der Waals surface area contributed by atoms with Gasteiger partial charge in [-0.3, -0.25) is 4.79 Å². The fourth-order valence-corrected chi connectivity index (χ4v) is 1.97. The maximum Gasteiger partial charge on any atom is 0.329 e. The lowest BCUT2D eigenvalue weighted by atomic mass is 9.80. The van der Waals surface area contributed by atoms with E-state index in [-0.39, 0.29) is 11.8 Å². The molecule has 2 N–H and O–H groups in total. The molecule has 15 heavy (non-hydrogen) atoms. The van der Waals surface area contributed by atoms with Gasteiger partial charge in [-0.15, -0.1) is 0 Å². The van der Waals surface area contributed by atoms with Crippen molar-refractivity contribution in [2.45, 2.75) is 32.2 Å². The van der Waals surface area contributed by atoms with Gasteiger partial charge < -0.3 is 15.2 Å². The minimum absolute atomic E-state index is 0.0624. The van der Waals surface area contributed by atoms with Gasteiger partial charge in [-0.25, -0.2) is 4.79 Å². The summed E-state index contributed by atoms with van der Waals surface area (Å²) in [6.45, 7) is 4.02. The van der Waals surface area contributed by atoms with E-state index in [4.69, 9.17) is 4.74 Å². The summed E-state index contributed by atoms with van der Waals surface area (Å²) >= 11 is 0. The summed E-state index contributed by atoms with van der Waals surface area (Å²) in [6, 6.07) is 0. The number of nitrogens with one attached hydrogen (secondary N) is 1. The quantitative estimate of drug-likeness (QED) is 0.714. The Morgan fingerprint density at radius 3 is 2.33 bits per heavy atom. The van der Waals surface area contributed by atoms with E-state index in [0.29, 0.717) is 26.1 Å². The maximum atomic E-state index is 11.2. The molecule has 0 spiro atoms. The van der Waals surface area contributed by atoms with Gasteiger partial charge in [-0.2, -0.15) is 0 Å². The van der Waals surface area contributed by atoms with Gasteiger partial charge in [0, 0.05) is 20.1 Å². The fourth-order valence-electron chi connectivity index (χ4n) is 1.97. The summed E-state index contributed by atoms with van der Waals surface area (Å²) in [5, 5.41) is 11.7. The predicted octanol–water partition coefficient (Wildman–Crippen LogP) is 0.392. The monoisotopic (exact) mass is 215 g/mol. The van der Waals surface area contributed by atoms with Gasteiger partial charge in [0.25, 0.3) is 0 Å². The number of amides is 1. The van der Waals surface area contributed by atoms with Crippen molar-refractivity contribution in [3.63, 3.8) is 0 Å². The molecule has 1 aliphatic heterocycles. The van der Waals surface area contributed by atoms with Crippen LogP contribution in [0.1, 0.15) is 26.7 Å². The summed E-state index contributed by atoms with van der Waals surface area (Å²) < 4.78 is 5.17. The number of hydrogen-bond donors (Lipinski definition) is 2. The van der Waals surface area contributed by atoms with Crippen molar-refractivity contribution in [2.24, 2.45) is 5.92 Å². The minimum atomic E-state index is -1.17. The van der Waals surface area contributed by atoms with E-state index in [1.54, 1.807) is 6.92 Å². The molecule has 1 amide bonds. The highest BCUT2D eigenvalue weighted by Crippen LogP contribution is 2.27. The Balaban J connectivity index is 2.78. The molecule has 1 atom stereocenters. The third-order valence-corrected chi connectivity index (χ3v) is 2.92. The largest absolute Gasteiger partial charge is 0.480 e. The van der Waals surface area contributed by atoms with Crippen molar-refractivity contribution in [3.8, 4) is 0 Å². The summed E-state index contributed by atoms with van der Waals surface area (Å²) in [5.74, 6) is -1.36. The van der Waals surface area contributed by atoms with E-state index < -0.39 is 11.5 Å². The maximum absolute atomic E-state index is 11.2. The van der Waals surface area contributed by atoms with Crippen LogP contribution in [-0.4, -0.2) is 35.7 Å². The molecular weight excluding hydrogens is 198 g/mol. The molecule has 0 bridgehead atoms. The molecule has 0 aromatic carbocycles.